The zero-order valence-corrected chi connectivity index (χ0v) is 9.15. The van der Waals surface area contributed by atoms with Gasteiger partial charge in [0.05, 0.1) is 16.6 Å². The van der Waals surface area contributed by atoms with E-state index in [-0.39, 0.29) is 0 Å². The maximum absolute atomic E-state index is 10.9. The molecule has 4 heteroatoms. The van der Waals surface area contributed by atoms with Crippen molar-refractivity contribution in [1.82, 2.24) is 9.38 Å². The molecule has 0 fully saturated rings. The van der Waals surface area contributed by atoms with E-state index in [4.69, 9.17) is 0 Å². The van der Waals surface area contributed by atoms with E-state index in [2.05, 4.69) is 4.98 Å². The molecule has 3 nitrogen and oxygen atoms in total. The van der Waals surface area contributed by atoms with Crippen molar-refractivity contribution in [2.75, 3.05) is 0 Å². The molecule has 3 rings (SSSR count). The molecule has 0 atom stereocenters. The lowest BCUT2D eigenvalue weighted by Gasteiger charge is -1.99. The molecule has 3 aromatic heterocycles. The van der Waals surface area contributed by atoms with Crippen molar-refractivity contribution < 1.29 is 4.79 Å². The number of thiophene rings is 1. The van der Waals surface area contributed by atoms with Crippen molar-refractivity contribution >= 4 is 23.1 Å². The molecule has 3 aromatic rings. The fraction of sp³-hybridized carbons (Fsp3) is 0. The van der Waals surface area contributed by atoms with Crippen LogP contribution >= 0.6 is 11.3 Å². The summed E-state index contributed by atoms with van der Waals surface area (Å²) >= 11 is 1.64. The van der Waals surface area contributed by atoms with Gasteiger partial charge in [-0.15, -0.1) is 11.3 Å². The number of hydrogen-bond donors (Lipinski definition) is 0. The van der Waals surface area contributed by atoms with Gasteiger partial charge in [-0.05, 0) is 23.6 Å². The number of pyridine rings is 1. The number of carbonyl (C=O) groups excluding carboxylic acids is 1. The van der Waals surface area contributed by atoms with E-state index in [0.717, 1.165) is 22.5 Å². The molecule has 3 heterocycles. The van der Waals surface area contributed by atoms with Crippen molar-refractivity contribution in [3.05, 3.63) is 47.6 Å². The van der Waals surface area contributed by atoms with Crippen LogP contribution in [0.25, 0.3) is 16.2 Å². The van der Waals surface area contributed by atoms with E-state index in [0.29, 0.717) is 5.56 Å². The highest BCUT2D eigenvalue weighted by atomic mass is 32.1. The first-order valence-electron chi connectivity index (χ1n) is 4.85. The highest BCUT2D eigenvalue weighted by Crippen LogP contribution is 2.25. The zero-order valence-electron chi connectivity index (χ0n) is 8.33. The lowest BCUT2D eigenvalue weighted by atomic mass is 10.2. The van der Waals surface area contributed by atoms with E-state index in [9.17, 15) is 4.79 Å². The molecule has 0 radical (unpaired) electrons. The van der Waals surface area contributed by atoms with Crippen LogP contribution in [0, 0.1) is 0 Å². The standard InChI is InChI=1S/C12H8N2OS/c15-8-9-3-1-5-14-10(9)7-13-12(14)11-4-2-6-16-11/h1-8H. The van der Waals surface area contributed by atoms with Crippen LogP contribution in [0.5, 0.6) is 0 Å². The maximum atomic E-state index is 10.9. The molecule has 0 unspecified atom stereocenters. The number of fused-ring (bicyclic) bond motifs is 1. The maximum Gasteiger partial charge on any atom is 0.154 e. The SMILES string of the molecule is O=Cc1cccn2c(-c3cccs3)ncc12. The number of hydrogen-bond acceptors (Lipinski definition) is 3. The summed E-state index contributed by atoms with van der Waals surface area (Å²) in [6.45, 7) is 0. The summed E-state index contributed by atoms with van der Waals surface area (Å²) < 4.78 is 1.94. The Bertz CT molecular complexity index is 640. The quantitative estimate of drug-likeness (QED) is 0.632. The van der Waals surface area contributed by atoms with E-state index in [1.807, 2.05) is 34.2 Å². The predicted molar refractivity (Wildman–Crippen MR) is 63.9 cm³/mol. The first-order chi connectivity index (χ1) is 7.90. The van der Waals surface area contributed by atoms with Crippen LogP contribution in [-0.4, -0.2) is 15.7 Å². The van der Waals surface area contributed by atoms with Crippen LogP contribution in [0.1, 0.15) is 10.4 Å². The Morgan fingerprint density at radius 1 is 1.31 bits per heavy atom. The van der Waals surface area contributed by atoms with Gasteiger partial charge in [0.25, 0.3) is 0 Å². The summed E-state index contributed by atoms with van der Waals surface area (Å²) in [4.78, 5) is 16.3. The van der Waals surface area contributed by atoms with Crippen LogP contribution in [0.15, 0.2) is 42.0 Å². The molecule has 16 heavy (non-hydrogen) atoms. The number of aldehydes is 1. The van der Waals surface area contributed by atoms with Gasteiger partial charge in [0.2, 0.25) is 0 Å². The first kappa shape index (κ1) is 9.30. The monoisotopic (exact) mass is 228 g/mol. The van der Waals surface area contributed by atoms with E-state index >= 15 is 0 Å². The third kappa shape index (κ3) is 1.27. The van der Waals surface area contributed by atoms with Gasteiger partial charge in [0.1, 0.15) is 0 Å². The van der Waals surface area contributed by atoms with Crippen molar-refractivity contribution in [2.45, 2.75) is 0 Å². The minimum atomic E-state index is 0.665. The molecule has 0 aliphatic carbocycles. The summed E-state index contributed by atoms with van der Waals surface area (Å²) in [5.41, 5.74) is 1.51. The van der Waals surface area contributed by atoms with Gasteiger partial charge in [-0.2, -0.15) is 0 Å². The highest BCUT2D eigenvalue weighted by Gasteiger charge is 2.08. The lowest BCUT2D eigenvalue weighted by Crippen LogP contribution is -1.90. The highest BCUT2D eigenvalue weighted by molar-refractivity contribution is 7.13. The fourth-order valence-corrected chi connectivity index (χ4v) is 2.45. The Labute approximate surface area is 96.0 Å². The Balaban J connectivity index is 2.33. The van der Waals surface area contributed by atoms with Crippen LogP contribution in [-0.2, 0) is 0 Å². The van der Waals surface area contributed by atoms with Crippen molar-refractivity contribution in [3.8, 4) is 10.7 Å². The van der Waals surface area contributed by atoms with Crippen molar-refractivity contribution in [2.24, 2.45) is 0 Å². The third-order valence-electron chi connectivity index (χ3n) is 2.47. The molecule has 0 saturated heterocycles. The summed E-state index contributed by atoms with van der Waals surface area (Å²) in [6.07, 6.45) is 4.51. The van der Waals surface area contributed by atoms with Gasteiger partial charge in [-0.1, -0.05) is 6.07 Å². The van der Waals surface area contributed by atoms with Crippen molar-refractivity contribution in [3.63, 3.8) is 0 Å². The molecule has 0 amide bonds. The van der Waals surface area contributed by atoms with Gasteiger partial charge in [-0.3, -0.25) is 9.20 Å². The molecular weight excluding hydrogens is 220 g/mol. The molecule has 0 bridgehead atoms. The van der Waals surface area contributed by atoms with Gasteiger partial charge < -0.3 is 0 Å². The van der Waals surface area contributed by atoms with Gasteiger partial charge in [0, 0.05) is 11.8 Å². The Hall–Kier alpha value is -1.94. The normalized spacial score (nSPS) is 10.8. The van der Waals surface area contributed by atoms with Crippen LogP contribution in [0.3, 0.4) is 0 Å². The van der Waals surface area contributed by atoms with Gasteiger partial charge in [0.15, 0.2) is 12.1 Å². The van der Waals surface area contributed by atoms with Gasteiger partial charge in [-0.25, -0.2) is 4.98 Å². The van der Waals surface area contributed by atoms with E-state index in [1.165, 1.54) is 0 Å². The average Bonchev–Trinajstić information content (AvgIpc) is 2.96. The van der Waals surface area contributed by atoms with Crippen LogP contribution < -0.4 is 0 Å². The minimum Gasteiger partial charge on any atom is -0.298 e. The summed E-state index contributed by atoms with van der Waals surface area (Å²) in [6, 6.07) is 7.66. The number of aromatic nitrogens is 2. The van der Waals surface area contributed by atoms with Crippen LogP contribution in [0.2, 0.25) is 0 Å². The number of rotatable bonds is 2. The summed E-state index contributed by atoms with van der Waals surface area (Å²) in [5, 5.41) is 2.01. The second-order valence-electron chi connectivity index (χ2n) is 3.40. The minimum absolute atomic E-state index is 0.665. The second kappa shape index (κ2) is 3.57. The van der Waals surface area contributed by atoms with E-state index in [1.54, 1.807) is 23.6 Å². The van der Waals surface area contributed by atoms with E-state index < -0.39 is 0 Å². The number of carbonyl (C=O) groups is 1. The molecule has 0 aliphatic heterocycles. The molecule has 78 valence electrons. The molecule has 0 spiro atoms. The van der Waals surface area contributed by atoms with Gasteiger partial charge >= 0.3 is 0 Å². The Morgan fingerprint density at radius 2 is 2.25 bits per heavy atom. The molecular formula is C12H8N2OS. The number of nitrogens with zero attached hydrogens (tertiary/aromatic N) is 2. The van der Waals surface area contributed by atoms with Crippen molar-refractivity contribution in [1.29, 1.82) is 0 Å². The molecule has 0 aliphatic rings. The Morgan fingerprint density at radius 3 is 3.00 bits per heavy atom. The average molecular weight is 228 g/mol. The summed E-state index contributed by atoms with van der Waals surface area (Å²) in [5.74, 6) is 0.883. The smallest absolute Gasteiger partial charge is 0.154 e. The predicted octanol–water partition coefficient (Wildman–Crippen LogP) is 2.88. The third-order valence-corrected chi connectivity index (χ3v) is 3.34. The number of imidazole rings is 1. The van der Waals surface area contributed by atoms with Crippen LogP contribution in [0.4, 0.5) is 0 Å². The molecule has 0 aromatic carbocycles. The Kier molecular flexibility index (Phi) is 2.08. The molecule has 0 saturated carbocycles. The second-order valence-corrected chi connectivity index (χ2v) is 4.34. The summed E-state index contributed by atoms with van der Waals surface area (Å²) in [7, 11) is 0. The first-order valence-corrected chi connectivity index (χ1v) is 5.73. The molecule has 0 N–H and O–H groups in total. The lowest BCUT2D eigenvalue weighted by molar-refractivity contribution is 0.112. The topological polar surface area (TPSA) is 34.4 Å². The largest absolute Gasteiger partial charge is 0.298 e. The fourth-order valence-electron chi connectivity index (χ4n) is 1.73. The zero-order chi connectivity index (χ0) is 11.0.